The van der Waals surface area contributed by atoms with Gasteiger partial charge in [0.05, 0.1) is 23.2 Å². The Morgan fingerprint density at radius 3 is 2.39 bits per heavy atom. The molecule has 0 bridgehead atoms. The SMILES string of the molecule is CC(C)CCOC(=O)c1ccc2nc(-c3ccccc3)c(N3CCC(NC(=O)OC(C)(C)C)CC3)nc2c1. The maximum atomic E-state index is 12.6. The molecule has 1 aliphatic heterocycles. The molecule has 0 unspecified atom stereocenters. The number of fused-ring (bicyclic) bond motifs is 1. The van der Waals surface area contributed by atoms with Gasteiger partial charge in [0, 0.05) is 24.7 Å². The largest absolute Gasteiger partial charge is 0.462 e. The van der Waals surface area contributed by atoms with Crippen molar-refractivity contribution in [2.24, 2.45) is 5.92 Å². The Morgan fingerprint density at radius 1 is 1.03 bits per heavy atom. The Balaban J connectivity index is 1.57. The van der Waals surface area contributed by atoms with Crippen molar-refractivity contribution in [2.75, 3.05) is 24.6 Å². The number of nitrogens with zero attached hydrogens (tertiary/aromatic N) is 3. The highest BCUT2D eigenvalue weighted by Gasteiger charge is 2.26. The highest BCUT2D eigenvalue weighted by atomic mass is 16.6. The van der Waals surface area contributed by atoms with E-state index in [4.69, 9.17) is 19.4 Å². The van der Waals surface area contributed by atoms with Crippen molar-refractivity contribution in [2.45, 2.75) is 65.5 Å². The number of aromatic nitrogens is 2. The second kappa shape index (κ2) is 11.8. The average Bonchev–Trinajstić information content (AvgIpc) is 2.87. The Hall–Kier alpha value is -3.68. The van der Waals surface area contributed by atoms with E-state index in [1.54, 1.807) is 12.1 Å². The maximum Gasteiger partial charge on any atom is 0.407 e. The number of anilines is 1. The molecule has 8 heteroatoms. The summed E-state index contributed by atoms with van der Waals surface area (Å²) in [5, 5.41) is 2.99. The van der Waals surface area contributed by atoms with Crippen LogP contribution in [-0.2, 0) is 9.47 Å². The topological polar surface area (TPSA) is 93.7 Å². The lowest BCUT2D eigenvalue weighted by molar-refractivity contribution is 0.0481. The Bertz CT molecular complexity index is 1260. The zero-order valence-corrected chi connectivity index (χ0v) is 23.0. The van der Waals surface area contributed by atoms with Crippen LogP contribution in [-0.4, -0.2) is 53.4 Å². The van der Waals surface area contributed by atoms with E-state index in [0.29, 0.717) is 42.2 Å². The lowest BCUT2D eigenvalue weighted by Crippen LogP contribution is -2.46. The second-order valence-corrected chi connectivity index (χ2v) is 11.2. The van der Waals surface area contributed by atoms with E-state index in [1.807, 2.05) is 57.2 Å². The summed E-state index contributed by atoms with van der Waals surface area (Å²) >= 11 is 0. The van der Waals surface area contributed by atoms with Gasteiger partial charge >= 0.3 is 12.1 Å². The third-order valence-corrected chi connectivity index (χ3v) is 6.37. The van der Waals surface area contributed by atoms with Crippen LogP contribution in [0.3, 0.4) is 0 Å². The van der Waals surface area contributed by atoms with Crippen molar-refractivity contribution >= 4 is 28.9 Å². The van der Waals surface area contributed by atoms with Crippen LogP contribution >= 0.6 is 0 Å². The van der Waals surface area contributed by atoms with E-state index in [-0.39, 0.29) is 18.1 Å². The smallest absolute Gasteiger partial charge is 0.407 e. The number of amides is 1. The molecule has 1 N–H and O–H groups in total. The van der Waals surface area contributed by atoms with Crippen LogP contribution in [0.1, 0.15) is 64.2 Å². The van der Waals surface area contributed by atoms with Gasteiger partial charge in [-0.2, -0.15) is 0 Å². The molecule has 0 spiro atoms. The average molecular weight is 519 g/mol. The van der Waals surface area contributed by atoms with E-state index in [0.717, 1.165) is 36.3 Å². The summed E-state index contributed by atoms with van der Waals surface area (Å²) in [7, 11) is 0. The third kappa shape index (κ3) is 7.21. The van der Waals surface area contributed by atoms with Crippen molar-refractivity contribution < 1.29 is 19.1 Å². The van der Waals surface area contributed by atoms with Crippen LogP contribution in [0.2, 0.25) is 0 Å². The molecule has 8 nitrogen and oxygen atoms in total. The molecular weight excluding hydrogens is 480 g/mol. The number of alkyl carbamates (subject to hydrolysis) is 1. The van der Waals surface area contributed by atoms with Gasteiger partial charge < -0.3 is 19.7 Å². The number of esters is 1. The zero-order valence-electron chi connectivity index (χ0n) is 23.0. The molecular formula is C30H38N4O4. The van der Waals surface area contributed by atoms with Crippen LogP contribution in [0, 0.1) is 5.92 Å². The quantitative estimate of drug-likeness (QED) is 0.384. The van der Waals surface area contributed by atoms with E-state index in [2.05, 4.69) is 24.1 Å². The number of carbonyl (C=O) groups excluding carboxylic acids is 2. The molecule has 0 saturated carbocycles. The third-order valence-electron chi connectivity index (χ3n) is 6.37. The number of hydrogen-bond donors (Lipinski definition) is 1. The number of piperidine rings is 1. The van der Waals surface area contributed by atoms with Gasteiger partial charge in [0.2, 0.25) is 0 Å². The summed E-state index contributed by atoms with van der Waals surface area (Å²) in [5.74, 6) is 0.884. The fourth-order valence-electron chi connectivity index (χ4n) is 4.36. The van der Waals surface area contributed by atoms with Gasteiger partial charge in [0.25, 0.3) is 0 Å². The minimum absolute atomic E-state index is 0.0295. The first-order chi connectivity index (χ1) is 18.1. The molecule has 1 aromatic heterocycles. The molecule has 1 saturated heterocycles. The van der Waals surface area contributed by atoms with Gasteiger partial charge in [-0.3, -0.25) is 0 Å². The fraction of sp³-hybridized carbons (Fsp3) is 0.467. The van der Waals surface area contributed by atoms with Crippen LogP contribution in [0.4, 0.5) is 10.6 Å². The molecule has 38 heavy (non-hydrogen) atoms. The summed E-state index contributed by atoms with van der Waals surface area (Å²) < 4.78 is 10.9. The first-order valence-corrected chi connectivity index (χ1v) is 13.4. The first-order valence-electron chi connectivity index (χ1n) is 13.4. The number of rotatable bonds is 7. The molecule has 2 heterocycles. The predicted octanol–water partition coefficient (Wildman–Crippen LogP) is 5.99. The Kier molecular flexibility index (Phi) is 8.49. The minimum atomic E-state index is -0.532. The zero-order chi connectivity index (χ0) is 27.3. The van der Waals surface area contributed by atoms with Gasteiger partial charge in [0.1, 0.15) is 11.3 Å². The van der Waals surface area contributed by atoms with Gasteiger partial charge in [-0.15, -0.1) is 0 Å². The van der Waals surface area contributed by atoms with Crippen molar-refractivity contribution in [1.82, 2.24) is 15.3 Å². The molecule has 1 aliphatic rings. The monoisotopic (exact) mass is 518 g/mol. The standard InChI is InChI=1S/C30H38N4O4/c1-20(2)15-18-37-28(35)22-11-12-24-25(19-22)33-27(26(32-24)21-9-7-6-8-10-21)34-16-13-23(14-17-34)31-29(36)38-30(3,4)5/h6-12,19-20,23H,13-18H2,1-5H3,(H,31,36). The van der Waals surface area contributed by atoms with Crippen LogP contribution in [0.5, 0.6) is 0 Å². The minimum Gasteiger partial charge on any atom is -0.462 e. The molecule has 202 valence electrons. The summed E-state index contributed by atoms with van der Waals surface area (Å²) in [6.45, 7) is 11.6. The van der Waals surface area contributed by atoms with Crippen molar-refractivity contribution in [3.63, 3.8) is 0 Å². The first kappa shape index (κ1) is 27.4. The van der Waals surface area contributed by atoms with Gasteiger partial charge in [-0.05, 0) is 64.2 Å². The predicted molar refractivity (Wildman–Crippen MR) is 149 cm³/mol. The lowest BCUT2D eigenvalue weighted by Gasteiger charge is -2.34. The number of nitrogens with one attached hydrogen (secondary N) is 1. The van der Waals surface area contributed by atoms with Crippen molar-refractivity contribution in [1.29, 1.82) is 0 Å². The fourth-order valence-corrected chi connectivity index (χ4v) is 4.36. The second-order valence-electron chi connectivity index (χ2n) is 11.2. The lowest BCUT2D eigenvalue weighted by atomic mass is 10.0. The number of benzene rings is 2. The summed E-state index contributed by atoms with van der Waals surface area (Å²) in [4.78, 5) is 37.1. The summed E-state index contributed by atoms with van der Waals surface area (Å²) in [5.41, 5.74) is 3.07. The number of hydrogen-bond acceptors (Lipinski definition) is 7. The molecule has 1 amide bonds. The maximum absolute atomic E-state index is 12.6. The Labute approximate surface area is 224 Å². The van der Waals surface area contributed by atoms with Gasteiger partial charge in [-0.1, -0.05) is 44.2 Å². The summed E-state index contributed by atoms with van der Waals surface area (Å²) in [6, 6.07) is 15.4. The molecule has 2 aromatic carbocycles. The Morgan fingerprint density at radius 2 is 1.74 bits per heavy atom. The van der Waals surface area contributed by atoms with Gasteiger partial charge in [-0.25, -0.2) is 19.6 Å². The summed E-state index contributed by atoms with van der Waals surface area (Å²) in [6.07, 6.45) is 1.95. The van der Waals surface area contributed by atoms with Crippen LogP contribution in [0.25, 0.3) is 22.3 Å². The molecule has 4 rings (SSSR count). The van der Waals surface area contributed by atoms with E-state index >= 15 is 0 Å². The van der Waals surface area contributed by atoms with Crippen LogP contribution in [0.15, 0.2) is 48.5 Å². The van der Waals surface area contributed by atoms with Crippen molar-refractivity contribution in [3.05, 3.63) is 54.1 Å². The molecule has 1 fully saturated rings. The highest BCUT2D eigenvalue weighted by molar-refractivity contribution is 5.94. The van der Waals surface area contributed by atoms with Crippen molar-refractivity contribution in [3.8, 4) is 11.3 Å². The molecule has 3 aromatic rings. The van der Waals surface area contributed by atoms with E-state index in [9.17, 15) is 9.59 Å². The van der Waals surface area contributed by atoms with Gasteiger partial charge in [0.15, 0.2) is 5.82 Å². The van der Waals surface area contributed by atoms with E-state index < -0.39 is 5.60 Å². The molecule has 0 radical (unpaired) electrons. The normalized spacial score (nSPS) is 14.5. The highest BCUT2D eigenvalue weighted by Crippen LogP contribution is 2.32. The number of ether oxygens (including phenoxy) is 2. The number of carbonyl (C=O) groups is 2. The van der Waals surface area contributed by atoms with Crippen LogP contribution < -0.4 is 10.2 Å². The van der Waals surface area contributed by atoms with E-state index in [1.165, 1.54) is 0 Å². The molecule has 0 atom stereocenters. The molecule has 0 aliphatic carbocycles.